The van der Waals surface area contributed by atoms with Crippen molar-refractivity contribution in [3.8, 4) is 50.6 Å². The van der Waals surface area contributed by atoms with Crippen LogP contribution in [0.4, 0.5) is 0 Å². The van der Waals surface area contributed by atoms with Crippen LogP contribution in [0.1, 0.15) is 19.4 Å². The third-order valence-electron chi connectivity index (χ3n) is 10.5. The van der Waals surface area contributed by atoms with Crippen LogP contribution in [0.3, 0.4) is 0 Å². The van der Waals surface area contributed by atoms with Gasteiger partial charge < -0.3 is 9.55 Å². The molecule has 0 saturated heterocycles. The van der Waals surface area contributed by atoms with Gasteiger partial charge in [-0.05, 0) is 92.2 Å². The second-order valence-electron chi connectivity index (χ2n) is 14.1. The second kappa shape index (κ2) is 16.4. The number of benzene rings is 8. The molecule has 0 saturated carbocycles. The van der Waals surface area contributed by atoms with E-state index in [0.29, 0.717) is 11.3 Å². The molecule has 5 heteroatoms. The first-order valence-corrected chi connectivity index (χ1v) is 19.8. The zero-order chi connectivity index (χ0) is 44.0. The summed E-state index contributed by atoms with van der Waals surface area (Å²) >= 11 is 1.65. The number of hydrogen-bond acceptors (Lipinski definition) is 3. The molecule has 0 bridgehead atoms. The van der Waals surface area contributed by atoms with E-state index in [0.717, 1.165) is 28.1 Å². The van der Waals surface area contributed by atoms with Gasteiger partial charge >= 0.3 is 0 Å². The number of aryl methyl sites for hydroxylation is 2. The van der Waals surface area contributed by atoms with E-state index in [9.17, 15) is 0 Å². The topological polar surface area (TPSA) is 30.7 Å². The number of nitrogens with zero attached hydrogens (tertiary/aromatic N) is 3. The molecule has 0 unspecified atom stereocenters. The van der Waals surface area contributed by atoms with Crippen molar-refractivity contribution < 1.29 is 28.3 Å². The van der Waals surface area contributed by atoms with Crippen LogP contribution in [0.5, 0.6) is 0 Å². The smallest absolute Gasteiger partial charge is 0.0774 e. The van der Waals surface area contributed by atoms with Gasteiger partial charge in [-0.25, -0.2) is 0 Å². The van der Waals surface area contributed by atoms with Crippen LogP contribution in [-0.2, 0) is 20.1 Å². The summed E-state index contributed by atoms with van der Waals surface area (Å²) in [5.41, 5.74) is 10.5. The van der Waals surface area contributed by atoms with Gasteiger partial charge in [0.15, 0.2) is 0 Å². The van der Waals surface area contributed by atoms with Gasteiger partial charge in [-0.1, -0.05) is 156 Å². The summed E-state index contributed by atoms with van der Waals surface area (Å²) in [7, 11) is 0. The summed E-state index contributed by atoms with van der Waals surface area (Å²) in [4.78, 5) is 9.25. The molecule has 1 radical (unpaired) electrons. The predicted molar refractivity (Wildman–Crippen MR) is 245 cm³/mol. The number of para-hydroxylation sites is 2. The van der Waals surface area contributed by atoms with Gasteiger partial charge in [-0.15, -0.1) is 40.8 Å². The van der Waals surface area contributed by atoms with Gasteiger partial charge in [0.1, 0.15) is 0 Å². The van der Waals surface area contributed by atoms with Crippen molar-refractivity contribution in [2.24, 2.45) is 0 Å². The van der Waals surface area contributed by atoms with Gasteiger partial charge in [-0.3, -0.25) is 16.3 Å². The molecule has 0 atom stereocenters. The third-order valence-corrected chi connectivity index (χ3v) is 11.3. The molecule has 8 aromatic carbocycles. The van der Waals surface area contributed by atoms with Gasteiger partial charge in [-0.2, -0.15) is 0 Å². The Morgan fingerprint density at radius 2 is 1.25 bits per heavy atom. The van der Waals surface area contributed by atoms with Crippen LogP contribution < -0.4 is 0 Å². The Bertz CT molecular complexity index is 3400. The van der Waals surface area contributed by atoms with Gasteiger partial charge in [0.2, 0.25) is 0 Å². The molecule has 0 fully saturated rings. The Morgan fingerprint density at radius 1 is 0.576 bits per heavy atom. The summed E-state index contributed by atoms with van der Waals surface area (Å²) in [5, 5.41) is 9.87. The minimum absolute atomic E-state index is 0. The van der Waals surface area contributed by atoms with E-state index in [1.54, 1.807) is 23.5 Å². The first kappa shape index (κ1) is 31.5. The number of imidazole rings is 1. The molecular formula is C54H37IrN3S-2. The maximum Gasteiger partial charge on any atom is 0.0774 e. The summed E-state index contributed by atoms with van der Waals surface area (Å²) < 4.78 is 47.1. The predicted octanol–water partition coefficient (Wildman–Crippen LogP) is 14.5. The quantitative estimate of drug-likeness (QED) is 0.127. The molecule has 3 aromatic heterocycles. The molecule has 3 nitrogen and oxygen atoms in total. The van der Waals surface area contributed by atoms with E-state index in [1.807, 2.05) is 0 Å². The van der Waals surface area contributed by atoms with Crippen molar-refractivity contribution in [3.05, 3.63) is 211 Å². The Hall–Kier alpha value is -6.49. The zero-order valence-electron chi connectivity index (χ0n) is 37.5. The van der Waals surface area contributed by atoms with Crippen molar-refractivity contribution in [3.63, 3.8) is 0 Å². The molecule has 11 rings (SSSR count). The minimum atomic E-state index is -2.18. The van der Waals surface area contributed by atoms with Crippen molar-refractivity contribution in [2.75, 3.05) is 0 Å². The van der Waals surface area contributed by atoms with Crippen LogP contribution in [-0.4, -0.2) is 14.5 Å². The summed E-state index contributed by atoms with van der Waals surface area (Å²) in [5.74, 6) is 0.909. The Morgan fingerprint density at radius 3 is 2.03 bits per heavy atom. The normalized spacial score (nSPS) is 13.0. The van der Waals surface area contributed by atoms with E-state index in [-0.39, 0.29) is 31.2 Å². The molecule has 59 heavy (non-hydrogen) atoms. The van der Waals surface area contributed by atoms with Crippen LogP contribution in [0, 0.1) is 25.2 Å². The fourth-order valence-electron chi connectivity index (χ4n) is 7.53. The first-order chi connectivity index (χ1) is 31.0. The van der Waals surface area contributed by atoms with E-state index in [1.165, 1.54) is 78.3 Å². The van der Waals surface area contributed by atoms with Gasteiger partial charge in [0.05, 0.1) is 16.9 Å². The molecule has 0 aliphatic rings. The maximum absolute atomic E-state index is 7.28. The van der Waals surface area contributed by atoms with E-state index in [4.69, 9.17) is 13.2 Å². The second-order valence-corrected chi connectivity index (χ2v) is 15.0. The average molecular weight is 958 g/mol. The largest absolute Gasteiger partial charge is 0.333 e. The minimum Gasteiger partial charge on any atom is -0.333 e. The first-order valence-electron chi connectivity index (χ1n) is 22.0. The molecule has 285 valence electrons. The van der Waals surface area contributed by atoms with E-state index in [2.05, 4.69) is 173 Å². The fourth-order valence-corrected chi connectivity index (χ4v) is 8.35. The standard InChI is InChI=1S/C41H25N2S.C13H12N.Ir/c1-2-8-27(9-3-1)28-18-21-33(22-19-28)43-39-13-7-6-12-38(39)42-41(43)37-26-44-40-23-20-32(25-36(37)40)31-17-16-30-15-14-29-10-4-5-11-34(29)35(30)24-31;1-10-3-6-12(7-4-10)13-8-5-11(2)9-14-13;/h1-25H;3-6,8-9H,1-2H3;/q2*-1;/i;1D3,2D3;. The number of pyridine rings is 1. The van der Waals surface area contributed by atoms with Crippen molar-refractivity contribution in [1.29, 1.82) is 0 Å². The Balaban J connectivity index is 0.000000215. The van der Waals surface area contributed by atoms with E-state index >= 15 is 0 Å². The van der Waals surface area contributed by atoms with Crippen LogP contribution in [0.2, 0.25) is 0 Å². The SMILES string of the molecule is [2H]C([2H])([2H])c1c[c-]c(-c2ccc(C([2H])([2H])[2H])cn2)cc1.[Ir].[c-]1sc2ccc(-c3ccc4ccc5ccccc5c4c3)cc2c1-c1nc2ccccc2n1-c1ccc(-c2ccccc2)cc1. The van der Waals surface area contributed by atoms with Crippen molar-refractivity contribution in [2.45, 2.75) is 13.7 Å². The zero-order valence-corrected chi connectivity index (χ0v) is 34.7. The molecule has 11 aromatic rings. The Labute approximate surface area is 370 Å². The number of rotatable bonds is 5. The molecule has 0 amide bonds. The summed E-state index contributed by atoms with van der Waals surface area (Å²) in [6, 6.07) is 64.7. The van der Waals surface area contributed by atoms with Gasteiger partial charge in [0.25, 0.3) is 0 Å². The number of aromatic nitrogens is 3. The molecule has 3 heterocycles. The number of hydrogen-bond donors (Lipinski definition) is 0. The summed E-state index contributed by atoms with van der Waals surface area (Å²) in [6.07, 6.45) is 1.30. The molecule has 0 aliphatic carbocycles. The summed E-state index contributed by atoms with van der Waals surface area (Å²) in [6.45, 7) is -4.34. The fraction of sp³-hybridized carbons (Fsp3) is 0.0370. The third kappa shape index (κ3) is 7.53. The van der Waals surface area contributed by atoms with Crippen LogP contribution >= 0.6 is 11.3 Å². The van der Waals surface area contributed by atoms with Crippen LogP contribution in [0.25, 0.3) is 93.3 Å². The maximum atomic E-state index is 7.28. The number of fused-ring (bicyclic) bond motifs is 5. The number of thiophene rings is 1. The van der Waals surface area contributed by atoms with Crippen molar-refractivity contribution >= 4 is 54.0 Å². The Kier molecular flexibility index (Phi) is 8.76. The molecule has 0 N–H and O–H groups in total. The monoisotopic (exact) mass is 958 g/mol. The molecule has 0 spiro atoms. The molecule has 0 aliphatic heterocycles. The van der Waals surface area contributed by atoms with Crippen molar-refractivity contribution in [1.82, 2.24) is 14.5 Å². The molecular weight excluding hydrogens is 915 g/mol. The van der Waals surface area contributed by atoms with Crippen LogP contribution in [0.15, 0.2) is 188 Å². The van der Waals surface area contributed by atoms with Gasteiger partial charge in [0, 0.05) is 40.2 Å². The van der Waals surface area contributed by atoms with E-state index < -0.39 is 13.7 Å². The average Bonchev–Trinajstić information content (AvgIpc) is 3.93.